The van der Waals surface area contributed by atoms with Gasteiger partial charge in [-0.15, -0.1) is 11.6 Å². The topological polar surface area (TPSA) is 29.1 Å². The lowest BCUT2D eigenvalue weighted by molar-refractivity contribution is -0.122. The number of amides is 1. The van der Waals surface area contributed by atoms with Crippen LogP contribution in [0, 0.1) is 17.8 Å². The molecule has 0 spiro atoms. The van der Waals surface area contributed by atoms with Crippen LogP contribution in [0.5, 0.6) is 0 Å². The summed E-state index contributed by atoms with van der Waals surface area (Å²) in [4.78, 5) is 12.0. The zero-order valence-electron chi connectivity index (χ0n) is 11.7. The fourth-order valence-electron chi connectivity index (χ4n) is 3.92. The molecule has 0 saturated heterocycles. The second-order valence-corrected chi connectivity index (χ2v) is 6.85. The Morgan fingerprint density at radius 3 is 2.70 bits per heavy atom. The zero-order valence-corrected chi connectivity index (χ0v) is 12.5. The molecular weight excluding hydrogens is 270 g/mol. The van der Waals surface area contributed by atoms with Gasteiger partial charge in [-0.2, -0.15) is 0 Å². The summed E-state index contributed by atoms with van der Waals surface area (Å²) < 4.78 is 0. The molecule has 20 heavy (non-hydrogen) atoms. The summed E-state index contributed by atoms with van der Waals surface area (Å²) in [6, 6.07) is 9.92. The Labute approximate surface area is 125 Å². The molecule has 1 N–H and O–H groups in total. The summed E-state index contributed by atoms with van der Waals surface area (Å²) in [5, 5.41) is 2.86. The molecule has 0 aromatic heterocycles. The molecule has 0 radical (unpaired) electrons. The van der Waals surface area contributed by atoms with E-state index in [4.69, 9.17) is 11.6 Å². The van der Waals surface area contributed by atoms with Crippen molar-refractivity contribution in [2.45, 2.75) is 37.5 Å². The van der Waals surface area contributed by atoms with E-state index in [2.05, 4.69) is 5.32 Å². The van der Waals surface area contributed by atoms with E-state index < -0.39 is 0 Å². The van der Waals surface area contributed by atoms with Crippen LogP contribution in [0.4, 0.5) is 0 Å². The van der Waals surface area contributed by atoms with Crippen LogP contribution >= 0.6 is 11.6 Å². The van der Waals surface area contributed by atoms with Crippen LogP contribution in [0.25, 0.3) is 0 Å². The Hall–Kier alpha value is -1.02. The van der Waals surface area contributed by atoms with Crippen molar-refractivity contribution in [1.82, 2.24) is 5.32 Å². The molecule has 4 atom stereocenters. The Morgan fingerprint density at radius 1 is 1.25 bits per heavy atom. The van der Waals surface area contributed by atoms with E-state index in [1.165, 1.54) is 25.7 Å². The number of alkyl halides is 1. The number of rotatable bonds is 5. The van der Waals surface area contributed by atoms with Gasteiger partial charge in [-0.1, -0.05) is 36.8 Å². The van der Waals surface area contributed by atoms with E-state index in [9.17, 15) is 4.79 Å². The third-order valence-electron chi connectivity index (χ3n) is 4.97. The average Bonchev–Trinajstić information content (AvgIpc) is 3.08. The summed E-state index contributed by atoms with van der Waals surface area (Å²) in [7, 11) is 0. The Morgan fingerprint density at radius 2 is 2.05 bits per heavy atom. The zero-order chi connectivity index (χ0) is 13.9. The summed E-state index contributed by atoms with van der Waals surface area (Å²) in [5.74, 6) is 2.51. The molecule has 108 valence electrons. The van der Waals surface area contributed by atoms with Crippen LogP contribution in [0.1, 0.15) is 43.0 Å². The second kappa shape index (κ2) is 6.17. The van der Waals surface area contributed by atoms with Crippen molar-refractivity contribution in [3.63, 3.8) is 0 Å². The maximum absolute atomic E-state index is 12.0. The lowest BCUT2D eigenvalue weighted by Gasteiger charge is -2.21. The predicted octanol–water partition coefficient (Wildman–Crippen LogP) is 3.91. The predicted molar refractivity (Wildman–Crippen MR) is 81.6 cm³/mol. The smallest absolute Gasteiger partial charge is 0.220 e. The number of hydrogen-bond donors (Lipinski definition) is 1. The van der Waals surface area contributed by atoms with Crippen molar-refractivity contribution < 1.29 is 4.79 Å². The maximum atomic E-state index is 12.0. The third-order valence-corrected chi connectivity index (χ3v) is 5.38. The minimum absolute atomic E-state index is 0.139. The molecule has 4 unspecified atom stereocenters. The quantitative estimate of drug-likeness (QED) is 0.819. The van der Waals surface area contributed by atoms with Crippen molar-refractivity contribution in [3.05, 3.63) is 35.9 Å². The molecule has 3 heteroatoms. The van der Waals surface area contributed by atoms with E-state index in [1.807, 2.05) is 30.3 Å². The van der Waals surface area contributed by atoms with Crippen LogP contribution in [-0.2, 0) is 4.79 Å². The molecule has 2 fully saturated rings. The molecule has 0 aliphatic heterocycles. The molecule has 0 heterocycles. The molecule has 2 aliphatic carbocycles. The molecule has 3 rings (SSSR count). The van der Waals surface area contributed by atoms with Crippen molar-refractivity contribution in [3.8, 4) is 0 Å². The molecule has 1 aromatic carbocycles. The number of hydrogen-bond acceptors (Lipinski definition) is 1. The van der Waals surface area contributed by atoms with Crippen LogP contribution < -0.4 is 5.32 Å². The van der Waals surface area contributed by atoms with Gasteiger partial charge in [0.1, 0.15) is 0 Å². The van der Waals surface area contributed by atoms with Gasteiger partial charge in [-0.25, -0.2) is 0 Å². The molecule has 2 bridgehead atoms. The van der Waals surface area contributed by atoms with Crippen LogP contribution in [-0.4, -0.2) is 12.5 Å². The summed E-state index contributed by atoms with van der Waals surface area (Å²) >= 11 is 6.32. The largest absolute Gasteiger partial charge is 0.354 e. The van der Waals surface area contributed by atoms with Gasteiger partial charge in [0, 0.05) is 13.0 Å². The second-order valence-electron chi connectivity index (χ2n) is 6.32. The van der Waals surface area contributed by atoms with E-state index in [1.54, 1.807) is 0 Å². The summed E-state index contributed by atoms with van der Waals surface area (Å²) in [6.45, 7) is 0.519. The Kier molecular flexibility index (Phi) is 4.30. The highest BCUT2D eigenvalue weighted by Crippen LogP contribution is 2.49. The van der Waals surface area contributed by atoms with Crippen molar-refractivity contribution in [2.24, 2.45) is 17.8 Å². The molecule has 2 aliphatic rings. The average molecular weight is 292 g/mol. The first-order valence-electron chi connectivity index (χ1n) is 7.68. The SMILES string of the molecule is O=C(CC1CC2CCC1C2)NCC(Cl)c1ccccc1. The highest BCUT2D eigenvalue weighted by atomic mass is 35.5. The maximum Gasteiger partial charge on any atom is 0.220 e. The standard InChI is InChI=1S/C17H22ClNO/c18-16(13-4-2-1-3-5-13)11-19-17(20)10-15-9-12-6-7-14(15)8-12/h1-5,12,14-16H,6-11H2,(H,19,20). The van der Waals surface area contributed by atoms with Crippen molar-refractivity contribution in [1.29, 1.82) is 0 Å². The van der Waals surface area contributed by atoms with Crippen molar-refractivity contribution in [2.75, 3.05) is 6.54 Å². The Balaban J connectivity index is 1.43. The minimum atomic E-state index is -0.139. The fourth-order valence-corrected chi connectivity index (χ4v) is 4.14. The molecule has 1 amide bonds. The van der Waals surface area contributed by atoms with Gasteiger partial charge < -0.3 is 5.32 Å². The van der Waals surface area contributed by atoms with Gasteiger partial charge in [-0.05, 0) is 42.6 Å². The number of nitrogens with one attached hydrogen (secondary N) is 1. The number of carbonyl (C=O) groups excluding carboxylic acids is 1. The number of carbonyl (C=O) groups is 1. The van der Waals surface area contributed by atoms with Crippen molar-refractivity contribution >= 4 is 17.5 Å². The molecular formula is C17H22ClNO. The van der Waals surface area contributed by atoms with Gasteiger partial charge in [0.05, 0.1) is 5.38 Å². The first-order valence-corrected chi connectivity index (χ1v) is 8.11. The number of halogens is 1. The lowest BCUT2D eigenvalue weighted by atomic mass is 9.86. The van der Waals surface area contributed by atoms with E-state index in [-0.39, 0.29) is 11.3 Å². The van der Waals surface area contributed by atoms with Gasteiger partial charge in [0.25, 0.3) is 0 Å². The van der Waals surface area contributed by atoms with Crippen LogP contribution in [0.2, 0.25) is 0 Å². The summed E-state index contributed by atoms with van der Waals surface area (Å²) in [6.07, 6.45) is 6.05. The van der Waals surface area contributed by atoms with Crippen LogP contribution in [0.15, 0.2) is 30.3 Å². The molecule has 2 nitrogen and oxygen atoms in total. The fraction of sp³-hybridized carbons (Fsp3) is 0.588. The monoisotopic (exact) mass is 291 g/mol. The number of fused-ring (bicyclic) bond motifs is 2. The molecule has 2 saturated carbocycles. The first-order chi connectivity index (χ1) is 9.72. The van der Waals surface area contributed by atoms with E-state index in [0.717, 1.165) is 17.4 Å². The third kappa shape index (κ3) is 3.17. The van der Waals surface area contributed by atoms with Gasteiger partial charge in [0.2, 0.25) is 5.91 Å². The van der Waals surface area contributed by atoms with Gasteiger partial charge in [0.15, 0.2) is 0 Å². The van der Waals surface area contributed by atoms with E-state index >= 15 is 0 Å². The number of benzene rings is 1. The highest BCUT2D eigenvalue weighted by molar-refractivity contribution is 6.21. The van der Waals surface area contributed by atoms with Crippen LogP contribution in [0.3, 0.4) is 0 Å². The minimum Gasteiger partial charge on any atom is -0.354 e. The molecule has 1 aromatic rings. The highest BCUT2D eigenvalue weighted by Gasteiger charge is 2.40. The first kappa shape index (κ1) is 13.9. The van der Waals surface area contributed by atoms with Gasteiger partial charge >= 0.3 is 0 Å². The Bertz CT molecular complexity index is 461. The lowest BCUT2D eigenvalue weighted by Crippen LogP contribution is -2.29. The summed E-state index contributed by atoms with van der Waals surface area (Å²) in [5.41, 5.74) is 1.06. The van der Waals surface area contributed by atoms with Gasteiger partial charge in [-0.3, -0.25) is 4.79 Å². The van der Waals surface area contributed by atoms with E-state index in [0.29, 0.717) is 18.9 Å². The normalized spacial score (nSPS) is 29.4.